The van der Waals surface area contributed by atoms with Crippen molar-refractivity contribution < 1.29 is 0 Å². The average molecular weight is 163 g/mol. The van der Waals surface area contributed by atoms with Crippen LogP contribution in [0.25, 0.3) is 6.08 Å². The second-order valence-corrected chi connectivity index (χ2v) is 2.99. The van der Waals surface area contributed by atoms with E-state index in [2.05, 4.69) is 25.3 Å². The Balaban J connectivity index is 3.02. The highest BCUT2D eigenvalue weighted by Crippen LogP contribution is 2.20. The van der Waals surface area contributed by atoms with E-state index in [0.717, 1.165) is 0 Å². The summed E-state index contributed by atoms with van der Waals surface area (Å²) >= 11 is 1.76. The van der Waals surface area contributed by atoms with Crippen LogP contribution >= 0.6 is 11.8 Å². The van der Waals surface area contributed by atoms with Crippen molar-refractivity contribution in [3.63, 3.8) is 0 Å². The Kier molecular flexibility index (Phi) is 3.24. The molecular formula is C10H11S. The second-order valence-electron chi connectivity index (χ2n) is 2.14. The molecule has 0 saturated carbocycles. The van der Waals surface area contributed by atoms with Crippen LogP contribution in [0.1, 0.15) is 5.56 Å². The smallest absolute Gasteiger partial charge is 0.0141 e. The molecule has 0 aliphatic carbocycles. The summed E-state index contributed by atoms with van der Waals surface area (Å²) in [6.07, 6.45) is 5.91. The Bertz CT molecular complexity index is 251. The maximum Gasteiger partial charge on any atom is 0.0141 e. The van der Waals surface area contributed by atoms with E-state index >= 15 is 0 Å². The Morgan fingerprint density at radius 1 is 1.36 bits per heavy atom. The largest absolute Gasteiger partial charge is 0.129 e. The van der Waals surface area contributed by atoms with Gasteiger partial charge in [-0.25, -0.2) is 0 Å². The minimum atomic E-state index is 1.25. The van der Waals surface area contributed by atoms with E-state index < -0.39 is 0 Å². The van der Waals surface area contributed by atoms with Gasteiger partial charge in [0, 0.05) is 4.90 Å². The Labute approximate surface area is 72.3 Å². The van der Waals surface area contributed by atoms with Crippen LogP contribution in [-0.4, -0.2) is 6.26 Å². The molecule has 0 unspecified atom stereocenters. The van der Waals surface area contributed by atoms with Crippen LogP contribution in [-0.2, 0) is 0 Å². The van der Waals surface area contributed by atoms with E-state index in [1.54, 1.807) is 11.8 Å². The van der Waals surface area contributed by atoms with Crippen LogP contribution in [0.4, 0.5) is 0 Å². The van der Waals surface area contributed by atoms with Crippen molar-refractivity contribution in [2.75, 3.05) is 6.26 Å². The minimum absolute atomic E-state index is 1.25. The Morgan fingerprint density at radius 3 is 2.73 bits per heavy atom. The summed E-state index contributed by atoms with van der Waals surface area (Å²) in [4.78, 5) is 1.30. The van der Waals surface area contributed by atoms with Gasteiger partial charge in [0.05, 0.1) is 0 Å². The van der Waals surface area contributed by atoms with Crippen molar-refractivity contribution >= 4 is 17.8 Å². The normalized spacial score (nSPS) is 10.7. The molecular weight excluding hydrogens is 152 g/mol. The van der Waals surface area contributed by atoms with E-state index in [9.17, 15) is 0 Å². The highest BCUT2D eigenvalue weighted by Gasteiger charge is 1.93. The zero-order valence-corrected chi connectivity index (χ0v) is 7.40. The molecule has 11 heavy (non-hydrogen) atoms. The molecule has 0 aliphatic rings. The molecule has 1 heteroatoms. The monoisotopic (exact) mass is 163 g/mol. The number of hydrogen-bond acceptors (Lipinski definition) is 1. The van der Waals surface area contributed by atoms with Gasteiger partial charge < -0.3 is 0 Å². The van der Waals surface area contributed by atoms with Gasteiger partial charge in [-0.15, -0.1) is 11.8 Å². The first-order valence-electron chi connectivity index (χ1n) is 3.47. The van der Waals surface area contributed by atoms with Gasteiger partial charge >= 0.3 is 0 Å². The van der Waals surface area contributed by atoms with Crippen molar-refractivity contribution in [1.82, 2.24) is 0 Å². The van der Waals surface area contributed by atoms with Crippen molar-refractivity contribution in [2.45, 2.75) is 4.90 Å². The van der Waals surface area contributed by atoms with E-state index in [1.807, 2.05) is 24.3 Å². The van der Waals surface area contributed by atoms with Crippen molar-refractivity contribution in [1.29, 1.82) is 0 Å². The van der Waals surface area contributed by atoms with Crippen LogP contribution < -0.4 is 0 Å². The molecule has 0 aromatic heterocycles. The molecule has 1 aromatic carbocycles. The van der Waals surface area contributed by atoms with Gasteiger partial charge in [0.2, 0.25) is 0 Å². The molecule has 0 atom stereocenters. The summed E-state index contributed by atoms with van der Waals surface area (Å²) in [7, 11) is 0. The summed E-state index contributed by atoms with van der Waals surface area (Å²) in [6, 6.07) is 8.29. The maximum absolute atomic E-state index is 3.67. The third-order valence-electron chi connectivity index (χ3n) is 1.44. The van der Waals surface area contributed by atoms with Gasteiger partial charge in [-0.3, -0.25) is 0 Å². The van der Waals surface area contributed by atoms with Crippen LogP contribution in [0.5, 0.6) is 0 Å². The van der Waals surface area contributed by atoms with Gasteiger partial charge in [-0.05, 0) is 24.8 Å². The molecule has 0 nitrogen and oxygen atoms in total. The summed E-state index contributed by atoms with van der Waals surface area (Å²) in [5.74, 6) is 0. The minimum Gasteiger partial charge on any atom is -0.129 e. The number of thioether (sulfide) groups is 1. The molecule has 0 spiro atoms. The lowest BCUT2D eigenvalue weighted by Crippen LogP contribution is -1.75. The standard InChI is InChI=1S/C10H11S/c1-3-6-9-7-4-5-8-10(9)11-2/h3-8H,1H2,2H3/b6-3+. The first-order valence-corrected chi connectivity index (χ1v) is 4.69. The number of rotatable bonds is 2. The van der Waals surface area contributed by atoms with E-state index in [-0.39, 0.29) is 0 Å². The number of allylic oxidation sites excluding steroid dienone is 1. The fraction of sp³-hybridized carbons (Fsp3) is 0.100. The van der Waals surface area contributed by atoms with E-state index in [0.29, 0.717) is 0 Å². The van der Waals surface area contributed by atoms with Crippen LogP contribution in [0.2, 0.25) is 0 Å². The third kappa shape index (κ3) is 2.12. The summed E-state index contributed by atoms with van der Waals surface area (Å²) in [5, 5.41) is 0. The SMILES string of the molecule is [CH2]/C=C/c1ccccc1SC. The van der Waals surface area contributed by atoms with Gasteiger partial charge in [0.15, 0.2) is 0 Å². The zero-order chi connectivity index (χ0) is 8.10. The molecule has 0 bridgehead atoms. The Morgan fingerprint density at radius 2 is 2.09 bits per heavy atom. The van der Waals surface area contributed by atoms with Crippen molar-refractivity contribution in [3.8, 4) is 0 Å². The molecule has 0 amide bonds. The van der Waals surface area contributed by atoms with Crippen molar-refractivity contribution in [2.24, 2.45) is 0 Å². The topological polar surface area (TPSA) is 0 Å². The molecule has 0 heterocycles. The maximum atomic E-state index is 3.67. The lowest BCUT2D eigenvalue weighted by atomic mass is 10.2. The van der Waals surface area contributed by atoms with Gasteiger partial charge in [-0.2, -0.15) is 0 Å². The molecule has 1 aromatic rings. The van der Waals surface area contributed by atoms with Crippen LogP contribution in [0.15, 0.2) is 35.2 Å². The third-order valence-corrected chi connectivity index (χ3v) is 2.25. The summed E-state index contributed by atoms with van der Waals surface area (Å²) in [6.45, 7) is 3.67. The molecule has 0 saturated heterocycles. The summed E-state index contributed by atoms with van der Waals surface area (Å²) in [5.41, 5.74) is 1.25. The fourth-order valence-electron chi connectivity index (χ4n) is 0.931. The number of hydrogen-bond donors (Lipinski definition) is 0. The molecule has 57 valence electrons. The molecule has 0 aliphatic heterocycles. The first-order chi connectivity index (χ1) is 5.38. The quantitative estimate of drug-likeness (QED) is 0.603. The fourth-order valence-corrected chi connectivity index (χ4v) is 1.52. The van der Waals surface area contributed by atoms with Crippen molar-refractivity contribution in [3.05, 3.63) is 42.8 Å². The molecule has 0 fully saturated rings. The van der Waals surface area contributed by atoms with Crippen LogP contribution in [0.3, 0.4) is 0 Å². The molecule has 1 radical (unpaired) electrons. The summed E-state index contributed by atoms with van der Waals surface area (Å²) < 4.78 is 0. The lowest BCUT2D eigenvalue weighted by molar-refractivity contribution is 1.43. The predicted molar refractivity (Wildman–Crippen MR) is 52.6 cm³/mol. The highest BCUT2D eigenvalue weighted by atomic mass is 32.2. The van der Waals surface area contributed by atoms with Gasteiger partial charge in [0.1, 0.15) is 0 Å². The van der Waals surface area contributed by atoms with E-state index in [4.69, 9.17) is 0 Å². The van der Waals surface area contributed by atoms with Gasteiger partial charge in [-0.1, -0.05) is 30.4 Å². The first kappa shape index (κ1) is 8.41. The predicted octanol–water partition coefficient (Wildman–Crippen LogP) is 3.26. The second kappa shape index (κ2) is 4.24. The average Bonchev–Trinajstić information content (AvgIpc) is 2.06. The van der Waals surface area contributed by atoms with E-state index in [1.165, 1.54) is 10.5 Å². The number of benzene rings is 1. The lowest BCUT2D eigenvalue weighted by Gasteiger charge is -1.99. The zero-order valence-electron chi connectivity index (χ0n) is 6.58. The van der Waals surface area contributed by atoms with Gasteiger partial charge in [0.25, 0.3) is 0 Å². The molecule has 1 rings (SSSR count). The highest BCUT2D eigenvalue weighted by molar-refractivity contribution is 7.98. The Hall–Kier alpha value is -0.690. The molecule has 0 N–H and O–H groups in total. The van der Waals surface area contributed by atoms with Crippen LogP contribution in [0, 0.1) is 6.92 Å².